The summed E-state index contributed by atoms with van der Waals surface area (Å²) in [5.74, 6) is 2.02. The quantitative estimate of drug-likeness (QED) is 0.852. The van der Waals surface area contributed by atoms with Gasteiger partial charge in [-0.25, -0.2) is 0 Å². The van der Waals surface area contributed by atoms with Gasteiger partial charge in [-0.3, -0.25) is 0 Å². The molecule has 20 heavy (non-hydrogen) atoms. The van der Waals surface area contributed by atoms with E-state index in [9.17, 15) is 5.11 Å². The van der Waals surface area contributed by atoms with Gasteiger partial charge in [0.25, 0.3) is 0 Å². The molecule has 0 aliphatic heterocycles. The summed E-state index contributed by atoms with van der Waals surface area (Å²) in [6.07, 6.45) is 1.03. The fraction of sp³-hybridized carbons (Fsp3) is 0.333. The van der Waals surface area contributed by atoms with Crippen molar-refractivity contribution in [2.24, 2.45) is 0 Å². The van der Waals surface area contributed by atoms with Crippen LogP contribution in [0.2, 0.25) is 0 Å². The molecule has 0 spiro atoms. The van der Waals surface area contributed by atoms with Crippen LogP contribution in [0.3, 0.4) is 0 Å². The van der Waals surface area contributed by atoms with Gasteiger partial charge in [0.2, 0.25) is 0 Å². The fourth-order valence-electron chi connectivity index (χ4n) is 2.50. The largest absolute Gasteiger partial charge is 0.507 e. The first kappa shape index (κ1) is 14.4. The van der Waals surface area contributed by atoms with E-state index in [1.807, 2.05) is 26.0 Å². The molecule has 0 aliphatic rings. The minimum atomic E-state index is 0.340. The third-order valence-electron chi connectivity index (χ3n) is 3.61. The first-order chi connectivity index (χ1) is 9.42. The number of hydrogen-bond donors (Lipinski definition) is 1. The summed E-state index contributed by atoms with van der Waals surface area (Å²) in [7, 11) is 0. The van der Waals surface area contributed by atoms with Crippen LogP contribution >= 0.6 is 0 Å². The van der Waals surface area contributed by atoms with E-state index in [1.165, 1.54) is 5.56 Å². The highest BCUT2D eigenvalue weighted by Crippen LogP contribution is 2.33. The molecule has 2 nitrogen and oxygen atoms in total. The Labute approximate surface area is 121 Å². The predicted octanol–water partition coefficient (Wildman–Crippen LogP) is 4.98. The summed E-state index contributed by atoms with van der Waals surface area (Å²) < 4.78 is 6.04. The van der Waals surface area contributed by atoms with Gasteiger partial charge in [-0.05, 0) is 74.1 Å². The Bertz CT molecular complexity index is 596. The maximum absolute atomic E-state index is 9.82. The Balaban J connectivity index is 2.40. The Morgan fingerprint density at radius 2 is 1.35 bits per heavy atom. The predicted molar refractivity (Wildman–Crippen MR) is 82.9 cm³/mol. The average molecular weight is 270 g/mol. The van der Waals surface area contributed by atoms with Crippen LogP contribution < -0.4 is 4.74 Å². The molecule has 0 atom stereocenters. The summed E-state index contributed by atoms with van der Waals surface area (Å²) in [5.41, 5.74) is 5.28. The molecule has 0 unspecified atom stereocenters. The highest BCUT2D eigenvalue weighted by atomic mass is 16.5. The third-order valence-corrected chi connectivity index (χ3v) is 3.61. The lowest BCUT2D eigenvalue weighted by Crippen LogP contribution is -1.95. The zero-order valence-corrected chi connectivity index (χ0v) is 12.9. The zero-order chi connectivity index (χ0) is 14.9. The molecule has 0 radical (unpaired) electrons. The number of hydrogen-bond acceptors (Lipinski definition) is 2. The van der Waals surface area contributed by atoms with Gasteiger partial charge in [0.15, 0.2) is 0 Å². The zero-order valence-electron chi connectivity index (χ0n) is 12.9. The monoisotopic (exact) mass is 270 g/mol. The molecule has 0 amide bonds. The van der Waals surface area contributed by atoms with Crippen molar-refractivity contribution in [3.8, 4) is 17.2 Å². The first-order valence-corrected chi connectivity index (χ1v) is 7.00. The molecule has 2 rings (SSSR count). The normalized spacial score (nSPS) is 10.7. The van der Waals surface area contributed by atoms with Crippen LogP contribution in [0.1, 0.15) is 34.7 Å². The van der Waals surface area contributed by atoms with E-state index in [2.05, 4.69) is 32.9 Å². The van der Waals surface area contributed by atoms with E-state index in [-0.39, 0.29) is 0 Å². The maximum Gasteiger partial charge on any atom is 0.133 e. The molecule has 0 saturated carbocycles. The van der Waals surface area contributed by atoms with Crippen molar-refractivity contribution in [1.29, 1.82) is 0 Å². The lowest BCUT2D eigenvalue weighted by molar-refractivity contribution is 0.454. The van der Waals surface area contributed by atoms with Gasteiger partial charge in [-0.1, -0.05) is 19.1 Å². The van der Waals surface area contributed by atoms with E-state index in [4.69, 9.17) is 4.74 Å². The summed E-state index contributed by atoms with van der Waals surface area (Å²) in [6.45, 7) is 10.1. The smallest absolute Gasteiger partial charge is 0.133 e. The van der Waals surface area contributed by atoms with Crippen LogP contribution in [0.5, 0.6) is 17.2 Å². The van der Waals surface area contributed by atoms with Crippen molar-refractivity contribution in [3.63, 3.8) is 0 Å². The van der Waals surface area contributed by atoms with Crippen molar-refractivity contribution in [2.45, 2.75) is 41.0 Å². The third kappa shape index (κ3) is 2.79. The molecule has 0 saturated heterocycles. The minimum absolute atomic E-state index is 0.340. The van der Waals surface area contributed by atoms with E-state index in [0.29, 0.717) is 5.75 Å². The van der Waals surface area contributed by atoms with E-state index < -0.39 is 0 Å². The van der Waals surface area contributed by atoms with E-state index in [0.717, 1.165) is 40.2 Å². The van der Waals surface area contributed by atoms with Crippen LogP contribution in [0.25, 0.3) is 0 Å². The van der Waals surface area contributed by atoms with Gasteiger partial charge in [-0.2, -0.15) is 0 Å². The topological polar surface area (TPSA) is 29.5 Å². The number of ether oxygens (including phenoxy) is 1. The van der Waals surface area contributed by atoms with Gasteiger partial charge in [0, 0.05) is 0 Å². The van der Waals surface area contributed by atoms with Gasteiger partial charge in [0.05, 0.1) is 0 Å². The molecule has 106 valence electrons. The van der Waals surface area contributed by atoms with Gasteiger partial charge >= 0.3 is 0 Å². The summed E-state index contributed by atoms with van der Waals surface area (Å²) in [6, 6.07) is 8.08. The van der Waals surface area contributed by atoms with Gasteiger partial charge in [-0.15, -0.1) is 0 Å². The van der Waals surface area contributed by atoms with Crippen molar-refractivity contribution >= 4 is 0 Å². The fourth-order valence-corrected chi connectivity index (χ4v) is 2.50. The molecule has 2 aromatic rings. The Morgan fingerprint density at radius 3 is 1.80 bits per heavy atom. The van der Waals surface area contributed by atoms with Crippen LogP contribution in [0.4, 0.5) is 0 Å². The summed E-state index contributed by atoms with van der Waals surface area (Å²) >= 11 is 0. The maximum atomic E-state index is 9.82. The molecule has 2 heteroatoms. The second kappa shape index (κ2) is 5.58. The Morgan fingerprint density at radius 1 is 0.850 bits per heavy atom. The van der Waals surface area contributed by atoms with Crippen molar-refractivity contribution in [1.82, 2.24) is 0 Å². The molecule has 0 aromatic heterocycles. The summed E-state index contributed by atoms with van der Waals surface area (Å²) in [4.78, 5) is 0. The van der Waals surface area contributed by atoms with Crippen LogP contribution in [-0.2, 0) is 6.42 Å². The molecule has 0 aliphatic carbocycles. The van der Waals surface area contributed by atoms with Crippen molar-refractivity contribution in [2.75, 3.05) is 0 Å². The number of rotatable bonds is 3. The van der Waals surface area contributed by atoms with Crippen molar-refractivity contribution < 1.29 is 9.84 Å². The van der Waals surface area contributed by atoms with Crippen LogP contribution in [0, 0.1) is 27.7 Å². The average Bonchev–Trinajstić information content (AvgIpc) is 2.39. The highest BCUT2D eigenvalue weighted by Gasteiger charge is 2.10. The number of phenols is 1. The second-order valence-electron chi connectivity index (χ2n) is 5.42. The lowest BCUT2D eigenvalue weighted by Gasteiger charge is -2.15. The second-order valence-corrected chi connectivity index (χ2v) is 5.42. The molecule has 1 N–H and O–H groups in total. The molecular formula is C18H22O2. The number of benzene rings is 2. The minimum Gasteiger partial charge on any atom is -0.507 e. The molecule has 0 bridgehead atoms. The van der Waals surface area contributed by atoms with E-state index in [1.54, 1.807) is 0 Å². The molecule has 2 aromatic carbocycles. The lowest BCUT2D eigenvalue weighted by atomic mass is 10.0. The van der Waals surface area contributed by atoms with Crippen LogP contribution in [0.15, 0.2) is 24.3 Å². The number of aryl methyl sites for hydroxylation is 5. The Kier molecular flexibility index (Phi) is 4.03. The first-order valence-electron chi connectivity index (χ1n) is 7.00. The Hall–Kier alpha value is -1.96. The van der Waals surface area contributed by atoms with Crippen LogP contribution in [-0.4, -0.2) is 5.11 Å². The van der Waals surface area contributed by atoms with E-state index >= 15 is 0 Å². The molecule has 0 heterocycles. The standard InChI is InChI=1S/C18H22O2/c1-6-15-7-13(4)18(14(5)8-15)20-16-9-11(2)17(19)12(3)10-16/h7-10,19H,6H2,1-5H3. The number of aromatic hydroxyl groups is 1. The number of phenolic OH excluding ortho intramolecular Hbond substituents is 1. The SMILES string of the molecule is CCc1cc(C)c(Oc2cc(C)c(O)c(C)c2)c(C)c1. The van der Waals surface area contributed by atoms with Crippen molar-refractivity contribution in [3.05, 3.63) is 52.1 Å². The van der Waals surface area contributed by atoms with Gasteiger partial charge < -0.3 is 9.84 Å². The highest BCUT2D eigenvalue weighted by molar-refractivity contribution is 5.49. The van der Waals surface area contributed by atoms with Gasteiger partial charge in [0.1, 0.15) is 17.2 Å². The molecular weight excluding hydrogens is 248 g/mol. The molecule has 0 fully saturated rings. The summed E-state index contributed by atoms with van der Waals surface area (Å²) in [5, 5.41) is 9.82.